The van der Waals surface area contributed by atoms with E-state index in [0.29, 0.717) is 12.0 Å². The lowest BCUT2D eigenvalue weighted by atomic mass is 10.3. The first kappa shape index (κ1) is 10.0. The average molecular weight is 210 g/mol. The van der Waals surface area contributed by atoms with E-state index in [2.05, 4.69) is 24.3 Å². The first-order valence-corrected chi connectivity index (χ1v) is 5.70. The molecular formula is C11H14O2S. The Kier molecular flexibility index (Phi) is 3.86. The average Bonchev–Trinajstić information content (AvgIpc) is 2.48. The molecule has 2 nitrogen and oxygen atoms in total. The molecule has 0 N–H and O–H groups in total. The van der Waals surface area contributed by atoms with Crippen LogP contribution in [0, 0.1) is 0 Å². The van der Waals surface area contributed by atoms with Crippen molar-refractivity contribution in [2.45, 2.75) is 16.6 Å². The van der Waals surface area contributed by atoms with Crippen LogP contribution < -0.4 is 0 Å². The molecule has 1 fully saturated rings. The summed E-state index contributed by atoms with van der Waals surface area (Å²) in [6.07, 6.45) is 1.07. The third-order valence-electron chi connectivity index (χ3n) is 2.10. The van der Waals surface area contributed by atoms with Gasteiger partial charge in [-0.15, -0.1) is 11.8 Å². The van der Waals surface area contributed by atoms with Gasteiger partial charge in [0.2, 0.25) is 0 Å². The van der Waals surface area contributed by atoms with Gasteiger partial charge >= 0.3 is 0 Å². The Hall–Kier alpha value is -0.510. The van der Waals surface area contributed by atoms with Crippen molar-refractivity contribution >= 4 is 11.8 Å². The van der Waals surface area contributed by atoms with Crippen LogP contribution in [0.1, 0.15) is 6.42 Å². The minimum Gasteiger partial charge on any atom is -0.355 e. The third-order valence-corrected chi connectivity index (χ3v) is 3.35. The number of hydrogen-bond donors (Lipinski definition) is 0. The molecule has 1 aromatic rings. The van der Waals surface area contributed by atoms with Gasteiger partial charge in [-0.3, -0.25) is 0 Å². The van der Waals surface area contributed by atoms with Crippen molar-refractivity contribution in [3.8, 4) is 0 Å². The highest BCUT2D eigenvalue weighted by molar-refractivity contribution is 8.00. The maximum absolute atomic E-state index is 5.34. The second-order valence-corrected chi connectivity index (χ2v) is 4.61. The van der Waals surface area contributed by atoms with Gasteiger partial charge in [-0.25, -0.2) is 0 Å². The van der Waals surface area contributed by atoms with Gasteiger partial charge in [0.25, 0.3) is 0 Å². The smallest absolute Gasteiger partial charge is 0.146 e. The standard InChI is InChI=1S/C11H14O2S/c1-2-4-10(5-3-1)14-11-6-7-12-9-13-8-11/h1-5,11H,6-9H2. The molecule has 0 aliphatic carbocycles. The first-order chi connectivity index (χ1) is 6.95. The summed E-state index contributed by atoms with van der Waals surface area (Å²) in [5.41, 5.74) is 0. The Labute approximate surface area is 88.6 Å². The summed E-state index contributed by atoms with van der Waals surface area (Å²) in [5.74, 6) is 0. The van der Waals surface area contributed by atoms with Gasteiger partial charge in [0.15, 0.2) is 0 Å². The van der Waals surface area contributed by atoms with Crippen LogP contribution in [-0.2, 0) is 9.47 Å². The van der Waals surface area contributed by atoms with Gasteiger partial charge in [0, 0.05) is 10.1 Å². The van der Waals surface area contributed by atoms with Crippen LogP contribution in [0.15, 0.2) is 35.2 Å². The maximum Gasteiger partial charge on any atom is 0.146 e. The Morgan fingerprint density at radius 1 is 1.14 bits per heavy atom. The topological polar surface area (TPSA) is 18.5 Å². The number of benzene rings is 1. The summed E-state index contributed by atoms with van der Waals surface area (Å²) in [7, 11) is 0. The molecule has 1 unspecified atom stereocenters. The van der Waals surface area contributed by atoms with Crippen molar-refractivity contribution in [2.24, 2.45) is 0 Å². The van der Waals surface area contributed by atoms with E-state index in [-0.39, 0.29) is 0 Å². The summed E-state index contributed by atoms with van der Waals surface area (Å²) in [5, 5.41) is 0.528. The fourth-order valence-electron chi connectivity index (χ4n) is 1.38. The lowest BCUT2D eigenvalue weighted by Crippen LogP contribution is -2.09. The number of ether oxygens (including phenoxy) is 2. The zero-order valence-corrected chi connectivity index (χ0v) is 8.83. The van der Waals surface area contributed by atoms with Crippen molar-refractivity contribution in [3.63, 3.8) is 0 Å². The lowest BCUT2D eigenvalue weighted by molar-refractivity contribution is -0.0314. The normalized spacial score (nSPS) is 23.0. The van der Waals surface area contributed by atoms with E-state index in [1.54, 1.807) is 0 Å². The van der Waals surface area contributed by atoms with Crippen molar-refractivity contribution in [3.05, 3.63) is 30.3 Å². The van der Waals surface area contributed by atoms with Crippen LogP contribution in [0.2, 0.25) is 0 Å². The zero-order chi connectivity index (χ0) is 9.64. The predicted molar refractivity (Wildman–Crippen MR) is 57.5 cm³/mol. The zero-order valence-electron chi connectivity index (χ0n) is 8.02. The quantitative estimate of drug-likeness (QED) is 0.747. The molecule has 1 aliphatic heterocycles. The van der Waals surface area contributed by atoms with Gasteiger partial charge in [-0.05, 0) is 18.6 Å². The molecule has 1 saturated heterocycles. The summed E-state index contributed by atoms with van der Waals surface area (Å²) in [4.78, 5) is 1.31. The molecule has 0 saturated carbocycles. The van der Waals surface area contributed by atoms with Crippen LogP contribution in [0.25, 0.3) is 0 Å². The molecule has 2 rings (SSSR count). The summed E-state index contributed by atoms with van der Waals surface area (Å²) >= 11 is 1.87. The molecule has 3 heteroatoms. The van der Waals surface area contributed by atoms with Crippen LogP contribution in [0.5, 0.6) is 0 Å². The third kappa shape index (κ3) is 3.01. The van der Waals surface area contributed by atoms with Crippen LogP contribution in [0.4, 0.5) is 0 Å². The summed E-state index contributed by atoms with van der Waals surface area (Å²) in [6, 6.07) is 10.4. The molecule has 76 valence electrons. The van der Waals surface area contributed by atoms with E-state index in [1.807, 2.05) is 17.8 Å². The molecule has 1 aromatic carbocycles. The molecule has 0 radical (unpaired) electrons. The summed E-state index contributed by atoms with van der Waals surface area (Å²) < 4.78 is 10.6. The molecule has 1 atom stereocenters. The molecule has 1 aliphatic rings. The van der Waals surface area contributed by atoms with Gasteiger partial charge in [0.1, 0.15) is 6.79 Å². The van der Waals surface area contributed by atoms with Gasteiger partial charge in [-0.2, -0.15) is 0 Å². The van der Waals surface area contributed by atoms with E-state index in [4.69, 9.17) is 9.47 Å². The monoisotopic (exact) mass is 210 g/mol. The highest BCUT2D eigenvalue weighted by Gasteiger charge is 2.13. The first-order valence-electron chi connectivity index (χ1n) is 4.82. The van der Waals surface area contributed by atoms with Gasteiger partial charge in [-0.1, -0.05) is 18.2 Å². The number of thioether (sulfide) groups is 1. The molecule has 0 bridgehead atoms. The molecule has 1 heterocycles. The Balaban J connectivity index is 1.90. The van der Waals surface area contributed by atoms with Crippen LogP contribution in [0.3, 0.4) is 0 Å². The predicted octanol–water partition coefficient (Wildman–Crippen LogP) is 2.54. The van der Waals surface area contributed by atoms with E-state index in [0.717, 1.165) is 19.6 Å². The van der Waals surface area contributed by atoms with Crippen molar-refractivity contribution in [2.75, 3.05) is 20.0 Å². The Morgan fingerprint density at radius 3 is 2.86 bits per heavy atom. The summed E-state index contributed by atoms with van der Waals surface area (Å²) in [6.45, 7) is 2.05. The highest BCUT2D eigenvalue weighted by Crippen LogP contribution is 2.26. The van der Waals surface area contributed by atoms with E-state index in [1.165, 1.54) is 4.90 Å². The van der Waals surface area contributed by atoms with E-state index < -0.39 is 0 Å². The van der Waals surface area contributed by atoms with Crippen molar-refractivity contribution < 1.29 is 9.47 Å². The fraction of sp³-hybridized carbons (Fsp3) is 0.455. The van der Waals surface area contributed by atoms with Crippen LogP contribution >= 0.6 is 11.8 Å². The SMILES string of the molecule is c1ccc(SC2CCOCOC2)cc1. The molecule has 14 heavy (non-hydrogen) atoms. The van der Waals surface area contributed by atoms with Gasteiger partial charge in [0.05, 0.1) is 13.2 Å². The second-order valence-electron chi connectivity index (χ2n) is 3.24. The second kappa shape index (κ2) is 5.39. The number of hydrogen-bond acceptors (Lipinski definition) is 3. The highest BCUT2D eigenvalue weighted by atomic mass is 32.2. The number of rotatable bonds is 2. The largest absolute Gasteiger partial charge is 0.355 e. The molecular weight excluding hydrogens is 196 g/mol. The minimum atomic E-state index is 0.450. The fourth-order valence-corrected chi connectivity index (χ4v) is 2.46. The molecule has 0 aromatic heterocycles. The maximum atomic E-state index is 5.34. The van der Waals surface area contributed by atoms with Crippen molar-refractivity contribution in [1.82, 2.24) is 0 Å². The lowest BCUT2D eigenvalue weighted by Gasteiger charge is -2.11. The van der Waals surface area contributed by atoms with E-state index >= 15 is 0 Å². The minimum absolute atomic E-state index is 0.450. The van der Waals surface area contributed by atoms with E-state index in [9.17, 15) is 0 Å². The van der Waals surface area contributed by atoms with Crippen LogP contribution in [-0.4, -0.2) is 25.3 Å². The molecule has 0 spiro atoms. The molecule has 0 amide bonds. The Morgan fingerprint density at radius 2 is 2.00 bits per heavy atom. The van der Waals surface area contributed by atoms with Gasteiger partial charge < -0.3 is 9.47 Å². The van der Waals surface area contributed by atoms with Crippen molar-refractivity contribution in [1.29, 1.82) is 0 Å². The Bertz CT molecular complexity index is 255.